The van der Waals surface area contributed by atoms with Gasteiger partial charge in [-0.05, 0) is 43.5 Å². The van der Waals surface area contributed by atoms with Crippen LogP contribution in [0.4, 0.5) is 0 Å². The van der Waals surface area contributed by atoms with Gasteiger partial charge in [-0.15, -0.1) is 11.3 Å². The number of hydrogen-bond donors (Lipinski definition) is 0. The molecule has 0 spiro atoms. The highest BCUT2D eigenvalue weighted by Crippen LogP contribution is 2.28. The topological polar surface area (TPSA) is 53.4 Å². The summed E-state index contributed by atoms with van der Waals surface area (Å²) in [6.45, 7) is 4.58. The maximum atomic E-state index is 12.7. The van der Waals surface area contributed by atoms with E-state index >= 15 is 0 Å². The number of benzene rings is 1. The van der Waals surface area contributed by atoms with E-state index in [0.717, 1.165) is 32.6 Å². The molecule has 0 saturated carbocycles. The Hall–Kier alpha value is -2.34. The molecule has 0 radical (unpaired) electrons. The summed E-state index contributed by atoms with van der Waals surface area (Å²) in [6.07, 6.45) is 2.36. The lowest BCUT2D eigenvalue weighted by molar-refractivity contribution is 0.354. The molecule has 0 N–H and O–H groups in total. The van der Waals surface area contributed by atoms with Crippen LogP contribution in [0, 0.1) is 13.8 Å². The number of fused-ring (bicyclic) bond motifs is 1. The molecule has 24 heavy (non-hydrogen) atoms. The lowest BCUT2D eigenvalue weighted by Crippen LogP contribution is -2.21. The number of aryl methyl sites for hydroxylation is 4. The molecule has 0 fully saturated rings. The molecule has 5 nitrogen and oxygen atoms in total. The molecule has 6 heteroatoms. The summed E-state index contributed by atoms with van der Waals surface area (Å²) in [5.74, 6) is 1.39. The Bertz CT molecular complexity index is 943. The summed E-state index contributed by atoms with van der Waals surface area (Å²) in [6, 6.07) is 5.80. The van der Waals surface area contributed by atoms with Gasteiger partial charge in [0.25, 0.3) is 5.56 Å². The van der Waals surface area contributed by atoms with Crippen LogP contribution in [0.25, 0.3) is 10.2 Å². The van der Waals surface area contributed by atoms with Crippen molar-refractivity contribution in [3.05, 3.63) is 50.9 Å². The van der Waals surface area contributed by atoms with Crippen molar-refractivity contribution in [2.24, 2.45) is 0 Å². The third-order valence-electron chi connectivity index (χ3n) is 4.25. The molecule has 3 rings (SSSR count). The molecule has 1 aromatic carbocycles. The fraction of sp³-hybridized carbons (Fsp3) is 0.333. The minimum atomic E-state index is 0.0299. The highest BCUT2D eigenvalue weighted by Gasteiger charge is 2.12. The standard InChI is InChI=1S/C18H20N2O3S/c1-11-12(2)24-17-16(11)18(21)20(10-19-17)8-7-13-5-6-14(22-3)15(9-13)23-4/h5-6,9-10H,7-8H2,1-4H3. The van der Waals surface area contributed by atoms with Crippen molar-refractivity contribution in [1.82, 2.24) is 9.55 Å². The zero-order valence-electron chi connectivity index (χ0n) is 14.3. The molecule has 0 aliphatic heterocycles. The number of rotatable bonds is 5. The fourth-order valence-electron chi connectivity index (χ4n) is 2.71. The fourth-order valence-corrected chi connectivity index (χ4v) is 3.70. The first-order valence-electron chi connectivity index (χ1n) is 7.71. The van der Waals surface area contributed by atoms with Gasteiger partial charge in [-0.1, -0.05) is 6.07 Å². The van der Waals surface area contributed by atoms with Crippen LogP contribution in [0.15, 0.2) is 29.3 Å². The molecule has 0 bridgehead atoms. The van der Waals surface area contributed by atoms with Crippen molar-refractivity contribution < 1.29 is 9.47 Å². The molecule has 0 aliphatic rings. The first-order chi connectivity index (χ1) is 11.5. The van der Waals surface area contributed by atoms with Crippen LogP contribution in [0.3, 0.4) is 0 Å². The third-order valence-corrected chi connectivity index (χ3v) is 5.36. The Morgan fingerprint density at radius 1 is 1.17 bits per heavy atom. The monoisotopic (exact) mass is 344 g/mol. The van der Waals surface area contributed by atoms with Crippen LogP contribution in [-0.4, -0.2) is 23.8 Å². The minimum absolute atomic E-state index is 0.0299. The zero-order chi connectivity index (χ0) is 17.3. The van der Waals surface area contributed by atoms with E-state index in [2.05, 4.69) is 4.98 Å². The first-order valence-corrected chi connectivity index (χ1v) is 8.53. The Morgan fingerprint density at radius 3 is 2.62 bits per heavy atom. The zero-order valence-corrected chi connectivity index (χ0v) is 15.1. The van der Waals surface area contributed by atoms with Crippen LogP contribution >= 0.6 is 11.3 Å². The van der Waals surface area contributed by atoms with Gasteiger partial charge in [0.1, 0.15) is 4.83 Å². The van der Waals surface area contributed by atoms with E-state index < -0.39 is 0 Å². The van der Waals surface area contributed by atoms with Crippen LogP contribution in [-0.2, 0) is 13.0 Å². The summed E-state index contributed by atoms with van der Waals surface area (Å²) in [5, 5.41) is 0.743. The van der Waals surface area contributed by atoms with Gasteiger partial charge < -0.3 is 9.47 Å². The Morgan fingerprint density at radius 2 is 1.92 bits per heavy atom. The van der Waals surface area contributed by atoms with Gasteiger partial charge in [0.15, 0.2) is 11.5 Å². The molecule has 2 aromatic heterocycles. The normalized spacial score (nSPS) is 11.0. The Kier molecular flexibility index (Phi) is 4.57. The lowest BCUT2D eigenvalue weighted by Gasteiger charge is -2.10. The van der Waals surface area contributed by atoms with Gasteiger partial charge in [0, 0.05) is 11.4 Å². The second kappa shape index (κ2) is 6.65. The van der Waals surface area contributed by atoms with E-state index in [1.165, 1.54) is 0 Å². The summed E-state index contributed by atoms with van der Waals surface area (Å²) < 4.78 is 12.3. The molecule has 0 saturated heterocycles. The van der Waals surface area contributed by atoms with E-state index in [0.29, 0.717) is 18.0 Å². The Labute approximate surface area is 144 Å². The second-order valence-corrected chi connectivity index (χ2v) is 6.85. The van der Waals surface area contributed by atoms with Gasteiger partial charge in [-0.3, -0.25) is 9.36 Å². The predicted molar refractivity (Wildman–Crippen MR) is 96.6 cm³/mol. The maximum absolute atomic E-state index is 12.7. The van der Waals surface area contributed by atoms with Crippen LogP contribution in [0.5, 0.6) is 11.5 Å². The summed E-state index contributed by atoms with van der Waals surface area (Å²) >= 11 is 1.57. The van der Waals surface area contributed by atoms with Gasteiger partial charge in [-0.25, -0.2) is 4.98 Å². The number of aromatic nitrogens is 2. The van der Waals surface area contributed by atoms with Gasteiger partial charge in [0.05, 0.1) is 25.9 Å². The van der Waals surface area contributed by atoms with Gasteiger partial charge in [0.2, 0.25) is 0 Å². The maximum Gasteiger partial charge on any atom is 0.262 e. The SMILES string of the molecule is COc1ccc(CCn2cnc3sc(C)c(C)c3c2=O)cc1OC. The lowest BCUT2D eigenvalue weighted by atomic mass is 10.1. The summed E-state index contributed by atoms with van der Waals surface area (Å²) in [7, 11) is 3.23. The highest BCUT2D eigenvalue weighted by molar-refractivity contribution is 7.18. The molecule has 0 amide bonds. The number of hydrogen-bond acceptors (Lipinski definition) is 5. The summed E-state index contributed by atoms with van der Waals surface area (Å²) in [4.78, 5) is 19.1. The number of nitrogens with zero attached hydrogens (tertiary/aromatic N) is 2. The van der Waals surface area contributed by atoms with Crippen molar-refractivity contribution in [1.29, 1.82) is 0 Å². The molecular formula is C18H20N2O3S. The minimum Gasteiger partial charge on any atom is -0.493 e. The van der Waals surface area contributed by atoms with E-state index in [1.807, 2.05) is 32.0 Å². The quantitative estimate of drug-likeness (QED) is 0.712. The number of methoxy groups -OCH3 is 2. The predicted octanol–water partition coefficient (Wildman–Crippen LogP) is 3.33. The highest BCUT2D eigenvalue weighted by atomic mass is 32.1. The smallest absolute Gasteiger partial charge is 0.262 e. The van der Waals surface area contributed by atoms with Gasteiger partial charge >= 0.3 is 0 Å². The largest absolute Gasteiger partial charge is 0.493 e. The average molecular weight is 344 g/mol. The van der Waals surface area contributed by atoms with Crippen molar-refractivity contribution in [2.75, 3.05) is 14.2 Å². The molecule has 2 heterocycles. The molecule has 126 valence electrons. The molecule has 3 aromatic rings. The molecular weight excluding hydrogens is 324 g/mol. The van der Waals surface area contributed by atoms with Crippen molar-refractivity contribution in [2.45, 2.75) is 26.8 Å². The number of thiophene rings is 1. The van der Waals surface area contributed by atoms with Crippen molar-refractivity contribution in [3.63, 3.8) is 0 Å². The van der Waals surface area contributed by atoms with Crippen molar-refractivity contribution >= 4 is 21.6 Å². The van der Waals surface area contributed by atoms with Crippen LogP contribution < -0.4 is 15.0 Å². The Balaban J connectivity index is 1.87. The van der Waals surface area contributed by atoms with E-state index in [4.69, 9.17) is 9.47 Å². The number of ether oxygens (including phenoxy) is 2. The van der Waals surface area contributed by atoms with Crippen LogP contribution in [0.1, 0.15) is 16.0 Å². The molecule has 0 unspecified atom stereocenters. The second-order valence-electron chi connectivity index (χ2n) is 5.65. The van der Waals surface area contributed by atoms with Crippen LogP contribution in [0.2, 0.25) is 0 Å². The first kappa shape index (κ1) is 16.5. The van der Waals surface area contributed by atoms with Crippen molar-refractivity contribution in [3.8, 4) is 11.5 Å². The van der Waals surface area contributed by atoms with E-state index in [9.17, 15) is 4.79 Å². The molecule has 0 aliphatic carbocycles. The van der Waals surface area contributed by atoms with E-state index in [1.54, 1.807) is 36.5 Å². The van der Waals surface area contributed by atoms with Gasteiger partial charge in [-0.2, -0.15) is 0 Å². The summed E-state index contributed by atoms with van der Waals surface area (Å²) in [5.41, 5.74) is 2.15. The third kappa shape index (κ3) is 2.89. The van der Waals surface area contributed by atoms with E-state index in [-0.39, 0.29) is 5.56 Å². The average Bonchev–Trinajstić information content (AvgIpc) is 2.89. The molecule has 0 atom stereocenters.